The third kappa shape index (κ3) is 6.92. The molecule has 0 aliphatic heterocycles. The minimum absolute atomic E-state index is 0.0287. The number of halogens is 2. The lowest BCUT2D eigenvalue weighted by atomic mass is 10.1. The first-order valence-corrected chi connectivity index (χ1v) is 13.5. The lowest BCUT2D eigenvalue weighted by Crippen LogP contribution is -2.30. The standard InChI is InChI=1S/C29H25ClFN3O3S/c1-21(24-5-3-2-4-6-24)32-33-29(35)25-11-7-22(8-12-25)19-34(20-23-9-15-27(31)16-10-23)38(36,37)28-17-13-26(30)14-18-28/h2-18H,19-20H2,1H3,(H,33,35)/b32-21+. The van der Waals surface area contributed by atoms with Gasteiger partial charge in [-0.2, -0.15) is 9.41 Å². The normalized spacial score (nSPS) is 11.9. The van der Waals surface area contributed by atoms with Crippen LogP contribution in [0.2, 0.25) is 5.02 Å². The van der Waals surface area contributed by atoms with Gasteiger partial charge in [-0.3, -0.25) is 4.79 Å². The number of carbonyl (C=O) groups is 1. The van der Waals surface area contributed by atoms with Gasteiger partial charge in [0.05, 0.1) is 10.6 Å². The van der Waals surface area contributed by atoms with E-state index in [1.807, 2.05) is 30.3 Å². The van der Waals surface area contributed by atoms with Gasteiger partial charge in [0.1, 0.15) is 5.82 Å². The number of hydrogen-bond acceptors (Lipinski definition) is 4. The number of hydrogen-bond donors (Lipinski definition) is 1. The SMILES string of the molecule is C/C(=N\NC(=O)c1ccc(CN(Cc2ccc(F)cc2)S(=O)(=O)c2ccc(Cl)cc2)cc1)c1ccccc1. The Kier molecular flexibility index (Phi) is 8.68. The minimum atomic E-state index is -3.91. The van der Waals surface area contributed by atoms with Crippen LogP contribution < -0.4 is 5.43 Å². The summed E-state index contributed by atoms with van der Waals surface area (Å²) >= 11 is 5.94. The second kappa shape index (κ2) is 12.1. The van der Waals surface area contributed by atoms with Crippen molar-refractivity contribution in [3.05, 3.63) is 136 Å². The molecular formula is C29H25ClFN3O3S. The lowest BCUT2D eigenvalue weighted by molar-refractivity contribution is 0.0955. The van der Waals surface area contributed by atoms with E-state index in [-0.39, 0.29) is 23.9 Å². The number of benzene rings is 4. The topological polar surface area (TPSA) is 78.8 Å². The molecule has 0 atom stereocenters. The largest absolute Gasteiger partial charge is 0.271 e. The minimum Gasteiger partial charge on any atom is -0.267 e. The number of rotatable bonds is 9. The summed E-state index contributed by atoms with van der Waals surface area (Å²) in [7, 11) is -3.91. The maximum atomic E-state index is 13.5. The molecule has 9 heteroatoms. The molecule has 6 nitrogen and oxygen atoms in total. The monoisotopic (exact) mass is 549 g/mol. The molecule has 0 aromatic heterocycles. The van der Waals surface area contributed by atoms with Crippen molar-refractivity contribution in [1.29, 1.82) is 0 Å². The maximum absolute atomic E-state index is 13.5. The highest BCUT2D eigenvalue weighted by molar-refractivity contribution is 7.89. The van der Waals surface area contributed by atoms with Crippen molar-refractivity contribution in [2.75, 3.05) is 0 Å². The summed E-state index contributed by atoms with van der Waals surface area (Å²) < 4.78 is 41.7. The van der Waals surface area contributed by atoms with Gasteiger partial charge < -0.3 is 0 Å². The van der Waals surface area contributed by atoms with Crippen molar-refractivity contribution in [3.8, 4) is 0 Å². The van der Waals surface area contributed by atoms with Gasteiger partial charge in [0, 0.05) is 23.7 Å². The maximum Gasteiger partial charge on any atom is 0.271 e. The molecular weight excluding hydrogens is 525 g/mol. The molecule has 0 unspecified atom stereocenters. The highest BCUT2D eigenvalue weighted by Gasteiger charge is 2.25. The van der Waals surface area contributed by atoms with Gasteiger partial charge in [-0.05, 0) is 72.1 Å². The Hall–Kier alpha value is -3.85. The number of amides is 1. The molecule has 1 amide bonds. The lowest BCUT2D eigenvalue weighted by Gasteiger charge is -2.23. The first-order chi connectivity index (χ1) is 18.2. The fraction of sp³-hybridized carbons (Fsp3) is 0.103. The number of sulfonamides is 1. The smallest absolute Gasteiger partial charge is 0.267 e. The van der Waals surface area contributed by atoms with E-state index in [1.165, 1.54) is 40.7 Å². The van der Waals surface area contributed by atoms with Crippen molar-refractivity contribution in [3.63, 3.8) is 0 Å². The molecule has 0 fully saturated rings. The zero-order valence-electron chi connectivity index (χ0n) is 20.5. The van der Waals surface area contributed by atoms with Crippen LogP contribution in [-0.4, -0.2) is 24.3 Å². The first kappa shape index (κ1) is 27.2. The summed E-state index contributed by atoms with van der Waals surface area (Å²) in [5.41, 5.74) is 5.79. The summed E-state index contributed by atoms with van der Waals surface area (Å²) in [5.74, 6) is -0.790. The Morgan fingerprint density at radius 2 is 1.37 bits per heavy atom. The van der Waals surface area contributed by atoms with Crippen LogP contribution in [0.5, 0.6) is 0 Å². The van der Waals surface area contributed by atoms with Gasteiger partial charge in [0.15, 0.2) is 0 Å². The molecule has 4 rings (SSSR count). The van der Waals surface area contributed by atoms with E-state index in [4.69, 9.17) is 11.6 Å². The van der Waals surface area contributed by atoms with Crippen LogP contribution in [0, 0.1) is 5.82 Å². The van der Waals surface area contributed by atoms with Crippen LogP contribution in [-0.2, 0) is 23.1 Å². The number of carbonyl (C=O) groups excluding carboxylic acids is 1. The van der Waals surface area contributed by atoms with Gasteiger partial charge in [0.25, 0.3) is 5.91 Å². The predicted octanol–water partition coefficient (Wildman–Crippen LogP) is 6.02. The molecule has 0 saturated heterocycles. The van der Waals surface area contributed by atoms with E-state index in [9.17, 15) is 17.6 Å². The molecule has 4 aromatic carbocycles. The molecule has 0 heterocycles. The Balaban J connectivity index is 1.52. The fourth-order valence-electron chi connectivity index (χ4n) is 3.68. The van der Waals surface area contributed by atoms with Crippen LogP contribution in [0.4, 0.5) is 4.39 Å². The summed E-state index contributed by atoms with van der Waals surface area (Å²) in [6.45, 7) is 1.87. The first-order valence-electron chi connectivity index (χ1n) is 11.7. The Labute approximate surface area is 226 Å². The van der Waals surface area contributed by atoms with E-state index in [0.717, 1.165) is 5.56 Å². The highest BCUT2D eigenvalue weighted by Crippen LogP contribution is 2.23. The number of nitrogens with zero attached hydrogens (tertiary/aromatic N) is 2. The van der Waals surface area contributed by atoms with Gasteiger partial charge in [0.2, 0.25) is 10.0 Å². The average Bonchev–Trinajstić information content (AvgIpc) is 2.93. The highest BCUT2D eigenvalue weighted by atomic mass is 35.5. The van der Waals surface area contributed by atoms with E-state index < -0.39 is 15.8 Å². The molecule has 0 bridgehead atoms. The number of hydrazone groups is 1. The van der Waals surface area contributed by atoms with Crippen LogP contribution in [0.3, 0.4) is 0 Å². The van der Waals surface area contributed by atoms with Crippen molar-refractivity contribution < 1.29 is 17.6 Å². The van der Waals surface area contributed by atoms with E-state index >= 15 is 0 Å². The summed E-state index contributed by atoms with van der Waals surface area (Å²) in [6.07, 6.45) is 0. The molecule has 4 aromatic rings. The van der Waals surface area contributed by atoms with E-state index in [1.54, 1.807) is 43.3 Å². The van der Waals surface area contributed by atoms with Gasteiger partial charge >= 0.3 is 0 Å². The molecule has 194 valence electrons. The van der Waals surface area contributed by atoms with Crippen molar-refractivity contribution in [2.45, 2.75) is 24.9 Å². The molecule has 0 aliphatic carbocycles. The third-order valence-electron chi connectivity index (χ3n) is 5.82. The average molecular weight is 550 g/mol. The molecule has 0 spiro atoms. The van der Waals surface area contributed by atoms with Gasteiger partial charge in [-0.1, -0.05) is 66.2 Å². The summed E-state index contributed by atoms with van der Waals surface area (Å²) in [4.78, 5) is 12.7. The van der Waals surface area contributed by atoms with Crippen LogP contribution in [0.25, 0.3) is 0 Å². The second-order valence-corrected chi connectivity index (χ2v) is 10.9. The second-order valence-electron chi connectivity index (χ2n) is 8.55. The van der Waals surface area contributed by atoms with Crippen molar-refractivity contribution in [2.24, 2.45) is 5.10 Å². The molecule has 0 saturated carbocycles. The molecule has 1 N–H and O–H groups in total. The van der Waals surface area contributed by atoms with E-state index in [2.05, 4.69) is 10.5 Å². The zero-order valence-corrected chi connectivity index (χ0v) is 22.1. The fourth-order valence-corrected chi connectivity index (χ4v) is 5.23. The quantitative estimate of drug-likeness (QED) is 0.205. The zero-order chi connectivity index (χ0) is 27.1. The van der Waals surface area contributed by atoms with E-state index in [0.29, 0.717) is 27.4 Å². The predicted molar refractivity (Wildman–Crippen MR) is 147 cm³/mol. The van der Waals surface area contributed by atoms with Gasteiger partial charge in [-0.15, -0.1) is 0 Å². The molecule has 38 heavy (non-hydrogen) atoms. The van der Waals surface area contributed by atoms with Crippen molar-refractivity contribution >= 4 is 33.2 Å². The summed E-state index contributed by atoms with van der Waals surface area (Å²) in [5, 5.41) is 4.58. The summed E-state index contributed by atoms with van der Waals surface area (Å²) in [6, 6.07) is 27.7. The molecule has 0 radical (unpaired) electrons. The Bertz CT molecular complexity index is 1530. The van der Waals surface area contributed by atoms with Crippen LogP contribution >= 0.6 is 11.6 Å². The Morgan fingerprint density at radius 3 is 1.95 bits per heavy atom. The van der Waals surface area contributed by atoms with Crippen molar-refractivity contribution in [1.82, 2.24) is 9.73 Å². The van der Waals surface area contributed by atoms with Crippen LogP contribution in [0.1, 0.15) is 34.0 Å². The third-order valence-corrected chi connectivity index (χ3v) is 7.87. The van der Waals surface area contributed by atoms with Crippen LogP contribution in [0.15, 0.2) is 113 Å². The molecule has 0 aliphatic rings. The van der Waals surface area contributed by atoms with Gasteiger partial charge in [-0.25, -0.2) is 18.2 Å². The Morgan fingerprint density at radius 1 is 0.816 bits per heavy atom. The number of nitrogens with one attached hydrogen (secondary N) is 1.